The Morgan fingerprint density at radius 2 is 1.95 bits per heavy atom. The number of aromatic nitrogens is 2. The van der Waals surface area contributed by atoms with Gasteiger partial charge in [-0.1, -0.05) is 18.2 Å². The lowest BCUT2D eigenvalue weighted by Crippen LogP contribution is -1.93. The Labute approximate surface area is 110 Å². The zero-order chi connectivity index (χ0) is 13.2. The first-order valence-electron chi connectivity index (χ1n) is 6.09. The number of aliphatic hydroxyl groups excluding tert-OH is 1. The number of hydrogen-bond donors (Lipinski definition) is 1. The molecule has 0 aliphatic heterocycles. The summed E-state index contributed by atoms with van der Waals surface area (Å²) in [5.74, 6) is 1.50. The number of nitrogens with zero attached hydrogens (tertiary/aromatic N) is 2. The van der Waals surface area contributed by atoms with Gasteiger partial charge in [0, 0.05) is 11.8 Å². The van der Waals surface area contributed by atoms with Gasteiger partial charge in [0.05, 0.1) is 12.3 Å². The van der Waals surface area contributed by atoms with Crippen molar-refractivity contribution in [2.45, 2.75) is 13.5 Å². The van der Waals surface area contributed by atoms with E-state index in [0.29, 0.717) is 11.5 Å². The van der Waals surface area contributed by atoms with Crippen molar-refractivity contribution in [3.63, 3.8) is 0 Å². The molecular formula is C15H14N2O2. The number of furan rings is 1. The third-order valence-corrected chi connectivity index (χ3v) is 2.95. The van der Waals surface area contributed by atoms with Crippen LogP contribution < -0.4 is 0 Å². The summed E-state index contributed by atoms with van der Waals surface area (Å²) < 4.78 is 7.32. The number of aliphatic hydroxyl groups is 1. The van der Waals surface area contributed by atoms with Gasteiger partial charge in [-0.3, -0.25) is 0 Å². The highest BCUT2D eigenvalue weighted by atomic mass is 16.3. The third kappa shape index (κ3) is 2.18. The summed E-state index contributed by atoms with van der Waals surface area (Å²) >= 11 is 0. The molecule has 96 valence electrons. The lowest BCUT2D eigenvalue weighted by Gasteiger charge is -1.99. The number of aryl methyl sites for hydroxylation is 1. The van der Waals surface area contributed by atoms with Crippen molar-refractivity contribution in [1.29, 1.82) is 0 Å². The molecule has 3 aromatic rings. The van der Waals surface area contributed by atoms with Crippen LogP contribution in [0.1, 0.15) is 11.3 Å². The molecule has 0 spiro atoms. The first-order valence-corrected chi connectivity index (χ1v) is 6.09. The van der Waals surface area contributed by atoms with E-state index in [1.807, 2.05) is 55.6 Å². The van der Waals surface area contributed by atoms with Crippen LogP contribution in [-0.4, -0.2) is 14.9 Å². The third-order valence-electron chi connectivity index (χ3n) is 2.95. The summed E-state index contributed by atoms with van der Waals surface area (Å²) in [5, 5.41) is 13.9. The van der Waals surface area contributed by atoms with Crippen LogP contribution >= 0.6 is 0 Å². The van der Waals surface area contributed by atoms with Gasteiger partial charge in [0.2, 0.25) is 0 Å². The van der Waals surface area contributed by atoms with Crippen LogP contribution in [0, 0.1) is 6.92 Å². The molecule has 0 unspecified atom stereocenters. The lowest BCUT2D eigenvalue weighted by molar-refractivity contribution is 0.282. The second kappa shape index (κ2) is 4.74. The Morgan fingerprint density at radius 1 is 1.16 bits per heavy atom. The molecule has 3 rings (SSSR count). The van der Waals surface area contributed by atoms with Crippen LogP contribution in [-0.2, 0) is 6.61 Å². The number of para-hydroxylation sites is 1. The maximum absolute atomic E-state index is 9.45. The largest absolute Gasteiger partial charge is 0.460 e. The number of benzene rings is 1. The minimum absolute atomic E-state index is 0.0675. The minimum Gasteiger partial charge on any atom is -0.460 e. The van der Waals surface area contributed by atoms with E-state index in [0.717, 1.165) is 17.0 Å². The van der Waals surface area contributed by atoms with Gasteiger partial charge in [0.25, 0.3) is 0 Å². The molecule has 0 aliphatic rings. The fourth-order valence-electron chi connectivity index (χ4n) is 2.01. The van der Waals surface area contributed by atoms with Crippen LogP contribution in [0.15, 0.2) is 53.1 Å². The second-order valence-electron chi connectivity index (χ2n) is 4.35. The van der Waals surface area contributed by atoms with Gasteiger partial charge in [-0.2, -0.15) is 5.10 Å². The Morgan fingerprint density at radius 3 is 2.58 bits per heavy atom. The van der Waals surface area contributed by atoms with Crippen LogP contribution in [0.5, 0.6) is 0 Å². The van der Waals surface area contributed by atoms with E-state index in [9.17, 15) is 5.11 Å². The zero-order valence-corrected chi connectivity index (χ0v) is 10.6. The van der Waals surface area contributed by atoms with Gasteiger partial charge in [0.15, 0.2) is 5.76 Å². The summed E-state index contributed by atoms with van der Waals surface area (Å²) in [4.78, 5) is 0. The van der Waals surface area contributed by atoms with Crippen molar-refractivity contribution in [3.8, 4) is 17.1 Å². The van der Waals surface area contributed by atoms with Crippen LogP contribution in [0.4, 0.5) is 0 Å². The molecule has 19 heavy (non-hydrogen) atoms. The van der Waals surface area contributed by atoms with E-state index in [4.69, 9.17) is 4.42 Å². The average Bonchev–Trinajstić information content (AvgIpc) is 3.05. The van der Waals surface area contributed by atoms with Crippen molar-refractivity contribution < 1.29 is 9.52 Å². The summed E-state index contributed by atoms with van der Waals surface area (Å²) in [5.41, 5.74) is 2.38. The highest BCUT2D eigenvalue weighted by Crippen LogP contribution is 2.25. The minimum atomic E-state index is -0.0675. The molecule has 0 radical (unpaired) electrons. The smallest absolute Gasteiger partial charge is 0.154 e. The Balaban J connectivity index is 2.09. The number of hydrogen-bond acceptors (Lipinski definition) is 3. The second-order valence-corrected chi connectivity index (χ2v) is 4.35. The summed E-state index contributed by atoms with van der Waals surface area (Å²) in [7, 11) is 0. The molecule has 1 aromatic carbocycles. The topological polar surface area (TPSA) is 51.2 Å². The zero-order valence-electron chi connectivity index (χ0n) is 10.6. The van der Waals surface area contributed by atoms with E-state index in [-0.39, 0.29) is 6.61 Å². The summed E-state index contributed by atoms with van der Waals surface area (Å²) in [6.07, 6.45) is 1.82. The molecule has 0 atom stereocenters. The van der Waals surface area contributed by atoms with E-state index in [1.54, 1.807) is 4.68 Å². The first-order chi connectivity index (χ1) is 9.28. The van der Waals surface area contributed by atoms with Crippen molar-refractivity contribution in [1.82, 2.24) is 9.78 Å². The molecule has 4 nitrogen and oxygen atoms in total. The molecule has 0 bridgehead atoms. The van der Waals surface area contributed by atoms with Gasteiger partial charge >= 0.3 is 0 Å². The molecule has 2 heterocycles. The van der Waals surface area contributed by atoms with Crippen molar-refractivity contribution in [3.05, 3.63) is 60.0 Å². The Hall–Kier alpha value is -2.33. The molecule has 0 fully saturated rings. The highest BCUT2D eigenvalue weighted by molar-refractivity contribution is 5.57. The van der Waals surface area contributed by atoms with Gasteiger partial charge in [0.1, 0.15) is 11.5 Å². The quantitative estimate of drug-likeness (QED) is 0.781. The highest BCUT2D eigenvalue weighted by Gasteiger charge is 2.14. The SMILES string of the molecule is Cc1ccc(-c2nn(-c3ccccc3)cc2CO)o1. The average molecular weight is 254 g/mol. The predicted molar refractivity (Wildman–Crippen MR) is 71.9 cm³/mol. The fraction of sp³-hybridized carbons (Fsp3) is 0.133. The standard InChI is InChI=1S/C15H14N2O2/c1-11-7-8-14(19-11)15-12(10-18)9-17(16-15)13-5-3-2-4-6-13/h2-9,18H,10H2,1H3. The van der Waals surface area contributed by atoms with E-state index >= 15 is 0 Å². The lowest BCUT2D eigenvalue weighted by atomic mass is 10.2. The van der Waals surface area contributed by atoms with Crippen LogP contribution in [0.25, 0.3) is 17.1 Å². The van der Waals surface area contributed by atoms with Gasteiger partial charge in [-0.05, 0) is 31.2 Å². The maximum Gasteiger partial charge on any atom is 0.154 e. The van der Waals surface area contributed by atoms with Crippen LogP contribution in [0.3, 0.4) is 0 Å². The van der Waals surface area contributed by atoms with Crippen molar-refractivity contribution in [2.24, 2.45) is 0 Å². The van der Waals surface area contributed by atoms with Gasteiger partial charge in [-0.15, -0.1) is 0 Å². The summed E-state index contributed by atoms with van der Waals surface area (Å²) in [6.45, 7) is 1.82. The van der Waals surface area contributed by atoms with E-state index in [2.05, 4.69) is 5.10 Å². The van der Waals surface area contributed by atoms with Crippen molar-refractivity contribution >= 4 is 0 Å². The van der Waals surface area contributed by atoms with Gasteiger partial charge < -0.3 is 9.52 Å². The Kier molecular flexibility index (Phi) is 2.93. The molecular weight excluding hydrogens is 240 g/mol. The van der Waals surface area contributed by atoms with Gasteiger partial charge in [-0.25, -0.2) is 4.68 Å². The fourth-order valence-corrected chi connectivity index (χ4v) is 2.01. The molecule has 0 aliphatic carbocycles. The maximum atomic E-state index is 9.45. The Bertz CT molecular complexity index is 683. The monoisotopic (exact) mass is 254 g/mol. The van der Waals surface area contributed by atoms with E-state index < -0.39 is 0 Å². The first kappa shape index (κ1) is 11.7. The normalized spacial score (nSPS) is 10.8. The molecule has 0 saturated carbocycles. The molecule has 2 aromatic heterocycles. The molecule has 0 amide bonds. The van der Waals surface area contributed by atoms with Crippen LogP contribution in [0.2, 0.25) is 0 Å². The summed E-state index contributed by atoms with van der Waals surface area (Å²) in [6, 6.07) is 13.5. The molecule has 4 heteroatoms. The van der Waals surface area contributed by atoms with Crippen molar-refractivity contribution in [2.75, 3.05) is 0 Å². The molecule has 1 N–H and O–H groups in total. The number of rotatable bonds is 3. The van der Waals surface area contributed by atoms with E-state index in [1.165, 1.54) is 0 Å². The predicted octanol–water partition coefficient (Wildman–Crippen LogP) is 2.93. The molecule has 0 saturated heterocycles.